The number of hydrogen-bond acceptors (Lipinski definition) is 6. The zero-order chi connectivity index (χ0) is 12.4. The van der Waals surface area contributed by atoms with Crippen LogP contribution in [-0.2, 0) is 0 Å². The summed E-state index contributed by atoms with van der Waals surface area (Å²) >= 11 is 1.37. The van der Waals surface area contributed by atoms with E-state index in [2.05, 4.69) is 33.5 Å². The van der Waals surface area contributed by atoms with Crippen molar-refractivity contribution in [3.63, 3.8) is 0 Å². The monoisotopic (exact) mass is 252 g/mol. The van der Waals surface area contributed by atoms with Gasteiger partial charge >= 0.3 is 0 Å². The molecule has 1 atom stereocenters. The molecule has 1 N–H and O–H groups in total. The number of aromatic nitrogens is 3. The Morgan fingerprint density at radius 1 is 1.35 bits per heavy atom. The number of nitrogens with one attached hydrogen (secondary N) is 1. The zero-order valence-corrected chi connectivity index (χ0v) is 11.2. The minimum absolute atomic E-state index is 0.00309. The lowest BCUT2D eigenvalue weighted by molar-refractivity contribution is 0.453. The third-order valence-corrected chi connectivity index (χ3v) is 2.97. The maximum Gasteiger partial charge on any atom is 0.216 e. The number of anilines is 1. The molecule has 2 rings (SSSR count). The summed E-state index contributed by atoms with van der Waals surface area (Å²) in [4.78, 5) is 8.59. The molecule has 0 saturated carbocycles. The van der Waals surface area contributed by atoms with Gasteiger partial charge in [-0.3, -0.25) is 0 Å². The first-order valence-electron chi connectivity index (χ1n) is 5.58. The van der Waals surface area contributed by atoms with Crippen molar-refractivity contribution in [2.45, 2.75) is 39.7 Å². The molecule has 0 fully saturated rings. The predicted octanol–water partition coefficient (Wildman–Crippen LogP) is 3.13. The minimum atomic E-state index is -0.00309. The summed E-state index contributed by atoms with van der Waals surface area (Å²) in [7, 11) is 0. The number of rotatable bonds is 4. The highest BCUT2D eigenvalue weighted by Crippen LogP contribution is 2.22. The molecule has 0 spiro atoms. The third kappa shape index (κ3) is 2.82. The van der Waals surface area contributed by atoms with E-state index >= 15 is 0 Å². The fraction of sp³-hybridized carbons (Fsp3) is 0.545. The van der Waals surface area contributed by atoms with E-state index in [1.165, 1.54) is 11.5 Å². The highest BCUT2D eigenvalue weighted by Gasteiger charge is 2.14. The summed E-state index contributed by atoms with van der Waals surface area (Å²) in [5.74, 6) is 2.70. The van der Waals surface area contributed by atoms with Crippen LogP contribution in [0, 0.1) is 6.92 Å². The smallest absolute Gasteiger partial charge is 0.216 e. The van der Waals surface area contributed by atoms with E-state index < -0.39 is 0 Å². The summed E-state index contributed by atoms with van der Waals surface area (Å²) < 4.78 is 9.74. The summed E-state index contributed by atoms with van der Waals surface area (Å²) in [6.07, 6.45) is 1.72. The van der Waals surface area contributed by atoms with Crippen molar-refractivity contribution in [1.29, 1.82) is 0 Å². The highest BCUT2D eigenvalue weighted by molar-refractivity contribution is 7.09. The summed E-state index contributed by atoms with van der Waals surface area (Å²) in [5.41, 5.74) is 0. The van der Waals surface area contributed by atoms with Gasteiger partial charge in [0.2, 0.25) is 11.0 Å². The van der Waals surface area contributed by atoms with Crippen LogP contribution < -0.4 is 5.32 Å². The van der Waals surface area contributed by atoms with Gasteiger partial charge in [-0.2, -0.15) is 4.37 Å². The molecular formula is C11H16N4OS. The molecule has 2 heterocycles. The topological polar surface area (TPSA) is 63.8 Å². The second kappa shape index (κ2) is 4.83. The first kappa shape index (κ1) is 12.0. The first-order chi connectivity index (χ1) is 8.06. The maximum atomic E-state index is 5.45. The molecule has 0 amide bonds. The van der Waals surface area contributed by atoms with E-state index in [9.17, 15) is 0 Å². The van der Waals surface area contributed by atoms with Gasteiger partial charge in [0.15, 0.2) is 0 Å². The average Bonchev–Trinajstić information content (AvgIpc) is 2.86. The molecule has 0 aliphatic carbocycles. The Balaban J connectivity index is 2.05. The fourth-order valence-electron chi connectivity index (χ4n) is 1.35. The van der Waals surface area contributed by atoms with Crippen molar-refractivity contribution >= 4 is 16.7 Å². The van der Waals surface area contributed by atoms with Crippen LogP contribution in [0.25, 0.3) is 0 Å². The van der Waals surface area contributed by atoms with Crippen molar-refractivity contribution in [2.75, 3.05) is 5.32 Å². The summed E-state index contributed by atoms with van der Waals surface area (Å²) in [6, 6.07) is -0.00309. The van der Waals surface area contributed by atoms with Crippen LogP contribution in [-0.4, -0.2) is 14.3 Å². The predicted molar refractivity (Wildman–Crippen MR) is 67.3 cm³/mol. The van der Waals surface area contributed by atoms with Gasteiger partial charge in [-0.1, -0.05) is 13.8 Å². The van der Waals surface area contributed by atoms with E-state index in [-0.39, 0.29) is 6.04 Å². The molecule has 0 aliphatic heterocycles. The Kier molecular flexibility index (Phi) is 3.42. The molecule has 2 aromatic heterocycles. The van der Waals surface area contributed by atoms with Gasteiger partial charge in [0.1, 0.15) is 17.6 Å². The van der Waals surface area contributed by atoms with Crippen molar-refractivity contribution in [2.24, 2.45) is 0 Å². The van der Waals surface area contributed by atoms with Crippen LogP contribution in [0.15, 0.2) is 10.6 Å². The van der Waals surface area contributed by atoms with Crippen LogP contribution in [0.4, 0.5) is 5.13 Å². The molecule has 17 heavy (non-hydrogen) atoms. The zero-order valence-electron chi connectivity index (χ0n) is 10.4. The summed E-state index contributed by atoms with van der Waals surface area (Å²) in [5, 5.41) is 4.04. The molecule has 0 saturated heterocycles. The van der Waals surface area contributed by atoms with Crippen molar-refractivity contribution in [3.05, 3.63) is 23.7 Å². The molecule has 6 heteroatoms. The van der Waals surface area contributed by atoms with E-state index in [4.69, 9.17) is 4.42 Å². The molecule has 2 aromatic rings. The second-order valence-electron chi connectivity index (χ2n) is 4.29. The van der Waals surface area contributed by atoms with Crippen LogP contribution in [0.2, 0.25) is 0 Å². The molecule has 5 nitrogen and oxygen atoms in total. The maximum absolute atomic E-state index is 5.45. The first-order valence-corrected chi connectivity index (χ1v) is 6.36. The Labute approximate surface area is 104 Å². The van der Waals surface area contributed by atoms with Gasteiger partial charge in [0.25, 0.3) is 0 Å². The lowest BCUT2D eigenvalue weighted by atomic mass is 10.2. The van der Waals surface area contributed by atoms with E-state index in [0.29, 0.717) is 11.8 Å². The third-order valence-electron chi connectivity index (χ3n) is 2.31. The van der Waals surface area contributed by atoms with Gasteiger partial charge in [0, 0.05) is 17.5 Å². The van der Waals surface area contributed by atoms with Gasteiger partial charge < -0.3 is 9.73 Å². The second-order valence-corrected chi connectivity index (χ2v) is 5.04. The number of aryl methyl sites for hydroxylation is 1. The standard InChI is InChI=1S/C11H16N4OS/c1-6(2)9-14-11(17-15-9)13-8(4)10-12-5-7(3)16-10/h5-6,8H,1-4H3,(H,13,14,15). The fourth-order valence-corrected chi connectivity index (χ4v) is 2.14. The number of nitrogens with zero attached hydrogens (tertiary/aromatic N) is 3. The molecule has 0 aliphatic rings. The minimum Gasteiger partial charge on any atom is -0.444 e. The molecule has 0 bridgehead atoms. The Bertz CT molecular complexity index is 491. The van der Waals surface area contributed by atoms with Gasteiger partial charge in [0.05, 0.1) is 6.20 Å². The van der Waals surface area contributed by atoms with E-state index in [0.717, 1.165) is 16.7 Å². The lowest BCUT2D eigenvalue weighted by Gasteiger charge is -2.07. The quantitative estimate of drug-likeness (QED) is 0.905. The molecular weight excluding hydrogens is 236 g/mol. The van der Waals surface area contributed by atoms with Gasteiger partial charge in [-0.05, 0) is 13.8 Å². The SMILES string of the molecule is Cc1cnc(C(C)Nc2nc(C(C)C)ns2)o1. The molecule has 1 unspecified atom stereocenters. The molecule has 0 aromatic carbocycles. The Morgan fingerprint density at radius 3 is 2.65 bits per heavy atom. The van der Waals surface area contributed by atoms with Crippen LogP contribution in [0.5, 0.6) is 0 Å². The average molecular weight is 252 g/mol. The van der Waals surface area contributed by atoms with Crippen LogP contribution >= 0.6 is 11.5 Å². The van der Waals surface area contributed by atoms with Crippen LogP contribution in [0.3, 0.4) is 0 Å². The number of oxazole rings is 1. The Morgan fingerprint density at radius 2 is 2.12 bits per heavy atom. The normalized spacial score (nSPS) is 13.0. The highest BCUT2D eigenvalue weighted by atomic mass is 32.1. The van der Waals surface area contributed by atoms with E-state index in [1.807, 2.05) is 13.8 Å². The molecule has 0 radical (unpaired) electrons. The van der Waals surface area contributed by atoms with Crippen molar-refractivity contribution < 1.29 is 4.42 Å². The van der Waals surface area contributed by atoms with Crippen molar-refractivity contribution in [1.82, 2.24) is 14.3 Å². The lowest BCUT2D eigenvalue weighted by Crippen LogP contribution is -2.06. The van der Waals surface area contributed by atoms with Gasteiger partial charge in [-0.25, -0.2) is 9.97 Å². The summed E-state index contributed by atoms with van der Waals surface area (Å²) in [6.45, 7) is 8.02. The Hall–Kier alpha value is -1.43. The van der Waals surface area contributed by atoms with Crippen LogP contribution in [0.1, 0.15) is 50.2 Å². The van der Waals surface area contributed by atoms with Gasteiger partial charge in [-0.15, -0.1) is 0 Å². The molecule has 92 valence electrons. The van der Waals surface area contributed by atoms with E-state index in [1.54, 1.807) is 6.20 Å². The number of hydrogen-bond donors (Lipinski definition) is 1. The van der Waals surface area contributed by atoms with Crippen molar-refractivity contribution in [3.8, 4) is 0 Å². The largest absolute Gasteiger partial charge is 0.444 e.